The number of rotatable bonds is 1. The number of hydrogen-bond donors (Lipinski definition) is 2. The molecule has 1 unspecified atom stereocenters. The summed E-state index contributed by atoms with van der Waals surface area (Å²) < 4.78 is 14.1. The molecule has 5 heteroatoms. The minimum Gasteiger partial charge on any atom is -0.505 e. The maximum absolute atomic E-state index is 13.4. The van der Waals surface area contributed by atoms with Crippen molar-refractivity contribution in [1.29, 1.82) is 0 Å². The zero-order valence-corrected chi connectivity index (χ0v) is 10.6. The average molecular weight is 289 g/mol. The van der Waals surface area contributed by atoms with Gasteiger partial charge in [-0.05, 0) is 19.2 Å². The Morgan fingerprint density at radius 3 is 3.00 bits per heavy atom. The van der Waals surface area contributed by atoms with Gasteiger partial charge in [-0.15, -0.1) is 0 Å². The van der Waals surface area contributed by atoms with E-state index in [-0.39, 0.29) is 11.8 Å². The van der Waals surface area contributed by atoms with Crippen molar-refractivity contribution in [3.63, 3.8) is 0 Å². The molecular formula is C11H14BrFN2O. The lowest BCUT2D eigenvalue weighted by Crippen LogP contribution is -2.43. The van der Waals surface area contributed by atoms with Crippen molar-refractivity contribution in [3.8, 4) is 5.75 Å². The van der Waals surface area contributed by atoms with Crippen LogP contribution in [0.25, 0.3) is 0 Å². The van der Waals surface area contributed by atoms with Gasteiger partial charge in [0.2, 0.25) is 0 Å². The van der Waals surface area contributed by atoms with Crippen LogP contribution < -0.4 is 5.32 Å². The van der Waals surface area contributed by atoms with Gasteiger partial charge in [0.15, 0.2) is 11.6 Å². The van der Waals surface area contributed by atoms with Gasteiger partial charge >= 0.3 is 0 Å². The molecule has 0 amide bonds. The van der Waals surface area contributed by atoms with Gasteiger partial charge in [0.1, 0.15) is 0 Å². The van der Waals surface area contributed by atoms with Crippen LogP contribution in [0.1, 0.15) is 11.6 Å². The summed E-state index contributed by atoms with van der Waals surface area (Å²) in [7, 11) is 1.98. The maximum atomic E-state index is 13.4. The van der Waals surface area contributed by atoms with Crippen LogP contribution >= 0.6 is 15.9 Å². The molecule has 2 N–H and O–H groups in total. The molecule has 1 aromatic rings. The van der Waals surface area contributed by atoms with Crippen molar-refractivity contribution in [1.82, 2.24) is 10.2 Å². The first kappa shape index (κ1) is 11.8. The van der Waals surface area contributed by atoms with Crippen molar-refractivity contribution in [3.05, 3.63) is 28.0 Å². The SMILES string of the molecule is CN1CCNCC1c1cc(Br)cc(F)c1O. The molecular weight excluding hydrogens is 275 g/mol. The topological polar surface area (TPSA) is 35.5 Å². The third kappa shape index (κ3) is 2.21. The van der Waals surface area contributed by atoms with E-state index >= 15 is 0 Å². The molecule has 0 radical (unpaired) electrons. The number of benzene rings is 1. The third-order valence-corrected chi connectivity index (χ3v) is 3.39. The zero-order chi connectivity index (χ0) is 11.7. The van der Waals surface area contributed by atoms with Crippen molar-refractivity contribution in [2.24, 2.45) is 0 Å². The summed E-state index contributed by atoms with van der Waals surface area (Å²) in [5.74, 6) is -0.827. The van der Waals surface area contributed by atoms with Gasteiger partial charge in [0, 0.05) is 29.7 Å². The van der Waals surface area contributed by atoms with Gasteiger partial charge in [-0.1, -0.05) is 15.9 Å². The highest BCUT2D eigenvalue weighted by Gasteiger charge is 2.24. The fourth-order valence-electron chi connectivity index (χ4n) is 1.99. The first-order chi connectivity index (χ1) is 7.59. The minimum absolute atomic E-state index is 0.0146. The Morgan fingerprint density at radius 1 is 1.56 bits per heavy atom. The molecule has 16 heavy (non-hydrogen) atoms. The standard InChI is InChI=1S/C11H14BrFN2O/c1-15-3-2-14-6-10(15)8-4-7(12)5-9(13)11(8)16/h4-5,10,14,16H,2-3,6H2,1H3. The van der Waals surface area contributed by atoms with Crippen LogP contribution in [0, 0.1) is 5.82 Å². The first-order valence-electron chi connectivity index (χ1n) is 5.18. The fourth-order valence-corrected chi connectivity index (χ4v) is 2.44. The van der Waals surface area contributed by atoms with Crippen LogP contribution in [-0.2, 0) is 0 Å². The monoisotopic (exact) mass is 288 g/mol. The number of aromatic hydroxyl groups is 1. The van der Waals surface area contributed by atoms with Crippen LogP contribution in [0.4, 0.5) is 4.39 Å². The third-order valence-electron chi connectivity index (χ3n) is 2.93. The molecule has 1 aliphatic rings. The summed E-state index contributed by atoms with van der Waals surface area (Å²) >= 11 is 3.24. The Kier molecular flexibility index (Phi) is 3.47. The summed E-state index contributed by atoms with van der Waals surface area (Å²) in [5.41, 5.74) is 0.626. The van der Waals surface area contributed by atoms with Crippen molar-refractivity contribution >= 4 is 15.9 Å². The van der Waals surface area contributed by atoms with E-state index in [1.807, 2.05) is 7.05 Å². The maximum Gasteiger partial charge on any atom is 0.166 e. The lowest BCUT2D eigenvalue weighted by atomic mass is 10.0. The number of nitrogens with zero attached hydrogens (tertiary/aromatic N) is 1. The first-order valence-corrected chi connectivity index (χ1v) is 5.97. The van der Waals surface area contributed by atoms with Crippen LogP contribution in [0.15, 0.2) is 16.6 Å². The van der Waals surface area contributed by atoms with Crippen molar-refractivity contribution in [2.45, 2.75) is 6.04 Å². The Hall–Kier alpha value is -0.650. The largest absolute Gasteiger partial charge is 0.505 e. The molecule has 0 saturated carbocycles. The average Bonchev–Trinajstić information content (AvgIpc) is 2.24. The molecule has 3 nitrogen and oxygen atoms in total. The van der Waals surface area contributed by atoms with Crippen LogP contribution in [0.3, 0.4) is 0 Å². The fraction of sp³-hybridized carbons (Fsp3) is 0.455. The quantitative estimate of drug-likeness (QED) is 0.828. The molecule has 1 saturated heterocycles. The van der Waals surface area contributed by atoms with Gasteiger partial charge in [-0.25, -0.2) is 4.39 Å². The summed E-state index contributed by atoms with van der Waals surface area (Å²) in [5, 5.41) is 13.0. The summed E-state index contributed by atoms with van der Waals surface area (Å²) in [4.78, 5) is 2.11. The van der Waals surface area contributed by atoms with E-state index in [1.165, 1.54) is 6.07 Å². The second-order valence-electron chi connectivity index (χ2n) is 4.03. The molecule has 0 aromatic heterocycles. The highest BCUT2D eigenvalue weighted by molar-refractivity contribution is 9.10. The Labute approximate surface area is 102 Å². The van der Waals surface area contributed by atoms with E-state index in [1.54, 1.807) is 6.07 Å². The molecule has 1 atom stereocenters. The number of halogens is 2. The number of hydrogen-bond acceptors (Lipinski definition) is 3. The van der Waals surface area contributed by atoms with Gasteiger partial charge < -0.3 is 10.4 Å². The van der Waals surface area contributed by atoms with Gasteiger partial charge in [-0.2, -0.15) is 0 Å². The lowest BCUT2D eigenvalue weighted by Gasteiger charge is -2.33. The number of phenols is 1. The molecule has 1 aromatic carbocycles. The molecule has 2 rings (SSSR count). The normalized spacial score (nSPS) is 22.3. The molecule has 1 heterocycles. The van der Waals surface area contributed by atoms with Gasteiger partial charge in [0.25, 0.3) is 0 Å². The Bertz CT molecular complexity index is 400. The van der Waals surface area contributed by atoms with Crippen LogP contribution in [0.5, 0.6) is 5.75 Å². The molecule has 0 bridgehead atoms. The van der Waals surface area contributed by atoms with E-state index in [0.717, 1.165) is 19.6 Å². The second-order valence-corrected chi connectivity index (χ2v) is 4.94. The van der Waals surface area contributed by atoms with E-state index in [4.69, 9.17) is 0 Å². The predicted molar refractivity (Wildman–Crippen MR) is 64.0 cm³/mol. The van der Waals surface area contributed by atoms with E-state index < -0.39 is 5.82 Å². The molecule has 88 valence electrons. The smallest absolute Gasteiger partial charge is 0.166 e. The number of piperazine rings is 1. The highest BCUT2D eigenvalue weighted by atomic mass is 79.9. The molecule has 0 aliphatic carbocycles. The Morgan fingerprint density at radius 2 is 2.31 bits per heavy atom. The van der Waals surface area contributed by atoms with E-state index in [9.17, 15) is 9.50 Å². The highest BCUT2D eigenvalue weighted by Crippen LogP contribution is 2.33. The molecule has 0 spiro atoms. The van der Waals surface area contributed by atoms with Crippen molar-refractivity contribution < 1.29 is 9.50 Å². The predicted octanol–water partition coefficient (Wildman–Crippen LogP) is 1.87. The summed E-state index contributed by atoms with van der Waals surface area (Å²) in [6.07, 6.45) is 0. The Balaban J connectivity index is 2.38. The van der Waals surface area contributed by atoms with E-state index in [0.29, 0.717) is 10.0 Å². The number of nitrogens with one attached hydrogen (secondary N) is 1. The molecule has 1 fully saturated rings. The lowest BCUT2D eigenvalue weighted by molar-refractivity contribution is 0.197. The summed E-state index contributed by atoms with van der Waals surface area (Å²) in [6, 6.07) is 3.06. The van der Waals surface area contributed by atoms with Crippen molar-refractivity contribution in [2.75, 3.05) is 26.7 Å². The number of likely N-dealkylation sites (N-methyl/N-ethyl adjacent to an activating group) is 1. The minimum atomic E-state index is -0.580. The number of phenolic OH excluding ortho intramolecular Hbond substituents is 1. The second kappa shape index (κ2) is 4.69. The van der Waals surface area contributed by atoms with Gasteiger partial charge in [-0.3, -0.25) is 4.90 Å². The summed E-state index contributed by atoms with van der Waals surface area (Å²) in [6.45, 7) is 2.53. The molecule has 1 aliphatic heterocycles. The van der Waals surface area contributed by atoms with E-state index in [2.05, 4.69) is 26.1 Å². The zero-order valence-electron chi connectivity index (χ0n) is 9.00. The van der Waals surface area contributed by atoms with Crippen LogP contribution in [-0.4, -0.2) is 36.7 Å². The van der Waals surface area contributed by atoms with Gasteiger partial charge in [0.05, 0.1) is 6.04 Å². The van der Waals surface area contributed by atoms with Crippen LogP contribution in [0.2, 0.25) is 0 Å².